The van der Waals surface area contributed by atoms with Crippen LogP contribution in [0, 0.1) is 6.92 Å². The van der Waals surface area contributed by atoms with Crippen LogP contribution < -0.4 is 10.5 Å². The van der Waals surface area contributed by atoms with Crippen molar-refractivity contribution in [1.29, 1.82) is 0 Å². The maximum Gasteiger partial charge on any atom is 0.240 e. The highest BCUT2D eigenvalue weighted by atomic mass is 32.2. The molecule has 0 aromatic heterocycles. The number of ether oxygens (including phenoxy) is 1. The van der Waals surface area contributed by atoms with Gasteiger partial charge in [0.25, 0.3) is 0 Å². The fraction of sp³-hybridized carbons (Fsp3) is 0.538. The minimum absolute atomic E-state index is 0.0302. The number of nitrogens with one attached hydrogen (secondary N) is 1. The molecule has 3 rings (SSSR count). The van der Waals surface area contributed by atoms with Gasteiger partial charge < -0.3 is 10.5 Å². The highest BCUT2D eigenvalue weighted by Crippen LogP contribution is 2.35. The predicted octanol–water partition coefficient (Wildman–Crippen LogP) is 1.18. The van der Waals surface area contributed by atoms with Crippen molar-refractivity contribution in [2.45, 2.75) is 49.3 Å². The Hall–Kier alpha value is -1.11. The smallest absolute Gasteiger partial charge is 0.240 e. The molecule has 1 aromatic rings. The molecule has 0 saturated carbocycles. The lowest BCUT2D eigenvalue weighted by Crippen LogP contribution is -2.41. The van der Waals surface area contributed by atoms with E-state index in [1.807, 2.05) is 6.92 Å². The molecule has 2 heterocycles. The second-order valence-corrected chi connectivity index (χ2v) is 7.07. The minimum Gasteiger partial charge on any atom is -0.398 e. The zero-order chi connectivity index (χ0) is 13.6. The van der Waals surface area contributed by atoms with Gasteiger partial charge in [-0.25, -0.2) is 13.1 Å². The second kappa shape index (κ2) is 4.47. The first-order valence-corrected chi connectivity index (χ1v) is 7.98. The summed E-state index contributed by atoms with van der Waals surface area (Å²) in [6.45, 7) is 1.85. The summed E-state index contributed by atoms with van der Waals surface area (Å²) >= 11 is 0. The number of hydrogen-bond acceptors (Lipinski definition) is 4. The van der Waals surface area contributed by atoms with Gasteiger partial charge in [0.05, 0.1) is 23.1 Å². The molecule has 2 aliphatic rings. The van der Waals surface area contributed by atoms with E-state index in [1.165, 1.54) is 6.07 Å². The molecule has 6 heteroatoms. The van der Waals surface area contributed by atoms with Crippen molar-refractivity contribution in [3.63, 3.8) is 0 Å². The van der Waals surface area contributed by atoms with E-state index >= 15 is 0 Å². The maximum absolute atomic E-state index is 12.3. The first kappa shape index (κ1) is 12.9. The van der Waals surface area contributed by atoms with Crippen molar-refractivity contribution in [2.24, 2.45) is 0 Å². The summed E-state index contributed by atoms with van der Waals surface area (Å²) in [7, 11) is -3.52. The van der Waals surface area contributed by atoms with E-state index in [1.54, 1.807) is 12.1 Å². The minimum atomic E-state index is -3.52. The van der Waals surface area contributed by atoms with Crippen molar-refractivity contribution in [1.82, 2.24) is 4.72 Å². The van der Waals surface area contributed by atoms with E-state index < -0.39 is 10.0 Å². The lowest BCUT2D eigenvalue weighted by atomic mass is 9.96. The number of nitrogens with two attached hydrogens (primary N) is 1. The molecule has 3 N–H and O–H groups in total. The van der Waals surface area contributed by atoms with Crippen molar-refractivity contribution in [3.05, 3.63) is 23.8 Å². The molecule has 2 fully saturated rings. The number of hydrogen-bond donors (Lipinski definition) is 2. The van der Waals surface area contributed by atoms with Crippen LogP contribution in [0.1, 0.15) is 24.8 Å². The number of nitrogen functional groups attached to an aromatic ring is 1. The Kier molecular flexibility index (Phi) is 3.03. The number of aryl methyl sites for hydroxylation is 1. The van der Waals surface area contributed by atoms with Gasteiger partial charge in [-0.1, -0.05) is 6.07 Å². The van der Waals surface area contributed by atoms with Gasteiger partial charge in [-0.2, -0.15) is 0 Å². The lowest BCUT2D eigenvalue weighted by molar-refractivity contribution is 0.0996. The number of rotatable bonds is 3. The van der Waals surface area contributed by atoms with Gasteiger partial charge in [0.1, 0.15) is 0 Å². The standard InChI is InChI=1S/C13H18N2O3S/c1-8-2-4-10(7-11(8)14)19(16,17)15-12-6-9-3-5-13(12)18-9/h2,4,7,9,12-13,15H,3,5-6,14H2,1H3. The maximum atomic E-state index is 12.3. The van der Waals surface area contributed by atoms with E-state index in [4.69, 9.17) is 10.5 Å². The number of sulfonamides is 1. The van der Waals surface area contributed by atoms with Crippen LogP contribution in [0.25, 0.3) is 0 Å². The Labute approximate surface area is 113 Å². The molecule has 2 aliphatic heterocycles. The zero-order valence-electron chi connectivity index (χ0n) is 10.8. The van der Waals surface area contributed by atoms with E-state index in [0.29, 0.717) is 5.69 Å². The molecule has 1 aromatic carbocycles. The third kappa shape index (κ3) is 2.35. The van der Waals surface area contributed by atoms with E-state index in [2.05, 4.69) is 4.72 Å². The molecule has 0 aliphatic carbocycles. The quantitative estimate of drug-likeness (QED) is 0.816. The lowest BCUT2D eigenvalue weighted by Gasteiger charge is -2.20. The monoisotopic (exact) mass is 282 g/mol. The van der Waals surface area contributed by atoms with Crippen LogP contribution in [0.15, 0.2) is 23.1 Å². The summed E-state index contributed by atoms with van der Waals surface area (Å²) < 4.78 is 33.0. The Morgan fingerprint density at radius 3 is 2.74 bits per heavy atom. The summed E-state index contributed by atoms with van der Waals surface area (Å²) in [5.41, 5.74) is 7.14. The van der Waals surface area contributed by atoms with E-state index in [-0.39, 0.29) is 23.1 Å². The third-order valence-electron chi connectivity index (χ3n) is 3.97. The molecule has 2 bridgehead atoms. The summed E-state index contributed by atoms with van der Waals surface area (Å²) in [5, 5.41) is 0. The van der Waals surface area contributed by atoms with Gasteiger partial charge >= 0.3 is 0 Å². The Balaban J connectivity index is 1.80. The molecular formula is C13H18N2O3S. The van der Waals surface area contributed by atoms with Gasteiger partial charge in [0.15, 0.2) is 0 Å². The molecule has 104 valence electrons. The number of anilines is 1. The van der Waals surface area contributed by atoms with Gasteiger partial charge in [0, 0.05) is 5.69 Å². The molecule has 0 spiro atoms. The van der Waals surface area contributed by atoms with Crippen LogP contribution in [0.4, 0.5) is 5.69 Å². The predicted molar refractivity (Wildman–Crippen MR) is 72.2 cm³/mol. The van der Waals surface area contributed by atoms with Crippen LogP contribution in [-0.4, -0.2) is 26.7 Å². The zero-order valence-corrected chi connectivity index (χ0v) is 11.6. The van der Waals surface area contributed by atoms with Gasteiger partial charge in [-0.3, -0.25) is 0 Å². The van der Waals surface area contributed by atoms with Crippen LogP contribution in [0.5, 0.6) is 0 Å². The molecule has 0 radical (unpaired) electrons. The van der Waals surface area contributed by atoms with E-state index in [0.717, 1.165) is 24.8 Å². The highest BCUT2D eigenvalue weighted by molar-refractivity contribution is 7.89. The first-order valence-electron chi connectivity index (χ1n) is 6.49. The summed E-state index contributed by atoms with van der Waals surface area (Å²) in [6, 6.07) is 4.71. The van der Waals surface area contributed by atoms with Crippen LogP contribution in [0.2, 0.25) is 0 Å². The largest absolute Gasteiger partial charge is 0.398 e. The van der Waals surface area contributed by atoms with Crippen LogP contribution in [-0.2, 0) is 14.8 Å². The van der Waals surface area contributed by atoms with Crippen molar-refractivity contribution in [3.8, 4) is 0 Å². The van der Waals surface area contributed by atoms with Crippen LogP contribution in [0.3, 0.4) is 0 Å². The molecular weight excluding hydrogens is 264 g/mol. The van der Waals surface area contributed by atoms with E-state index in [9.17, 15) is 8.42 Å². The molecule has 0 amide bonds. The fourth-order valence-corrected chi connectivity index (χ4v) is 4.13. The van der Waals surface area contributed by atoms with Gasteiger partial charge in [-0.15, -0.1) is 0 Å². The Morgan fingerprint density at radius 1 is 1.37 bits per heavy atom. The molecule has 3 unspecified atom stereocenters. The topological polar surface area (TPSA) is 81.4 Å². The van der Waals surface area contributed by atoms with Gasteiger partial charge in [-0.05, 0) is 43.9 Å². The number of benzene rings is 1. The van der Waals surface area contributed by atoms with Crippen molar-refractivity contribution in [2.75, 3.05) is 5.73 Å². The summed E-state index contributed by atoms with van der Waals surface area (Å²) in [5.74, 6) is 0. The average Bonchev–Trinajstić information content (AvgIpc) is 2.94. The Bertz CT molecular complexity index is 600. The third-order valence-corrected chi connectivity index (χ3v) is 5.46. The van der Waals surface area contributed by atoms with Crippen LogP contribution >= 0.6 is 0 Å². The molecule has 5 nitrogen and oxygen atoms in total. The summed E-state index contributed by atoms with van der Waals surface area (Å²) in [4.78, 5) is 0.221. The van der Waals surface area contributed by atoms with Crippen molar-refractivity contribution >= 4 is 15.7 Å². The number of fused-ring (bicyclic) bond motifs is 2. The first-order chi connectivity index (χ1) is 8.95. The molecule has 3 atom stereocenters. The fourth-order valence-electron chi connectivity index (χ4n) is 2.81. The second-order valence-electron chi connectivity index (χ2n) is 5.36. The SMILES string of the molecule is Cc1ccc(S(=O)(=O)NC2CC3CCC2O3)cc1N. The highest BCUT2D eigenvalue weighted by Gasteiger charge is 2.42. The Morgan fingerprint density at radius 2 is 2.16 bits per heavy atom. The van der Waals surface area contributed by atoms with Gasteiger partial charge in [0.2, 0.25) is 10.0 Å². The normalized spacial score (nSPS) is 29.8. The van der Waals surface area contributed by atoms with Crippen molar-refractivity contribution < 1.29 is 13.2 Å². The molecule has 2 saturated heterocycles. The summed E-state index contributed by atoms with van der Waals surface area (Å²) in [6.07, 6.45) is 3.00. The average molecular weight is 282 g/mol. The molecule has 19 heavy (non-hydrogen) atoms.